The lowest BCUT2D eigenvalue weighted by atomic mass is 9.98. The van der Waals surface area contributed by atoms with E-state index in [0.717, 1.165) is 0 Å². The summed E-state index contributed by atoms with van der Waals surface area (Å²) >= 11 is 0. The monoisotopic (exact) mass is 270 g/mol. The number of nitrogens with zero attached hydrogens (tertiary/aromatic N) is 2. The molecule has 0 saturated heterocycles. The van der Waals surface area contributed by atoms with Gasteiger partial charge in [0.15, 0.2) is 23.1 Å². The Hall–Kier alpha value is -2.76. The van der Waals surface area contributed by atoms with E-state index in [-0.39, 0.29) is 34.2 Å². The molecule has 0 spiro atoms. The zero-order valence-corrected chi connectivity index (χ0v) is 10.8. The van der Waals surface area contributed by atoms with Gasteiger partial charge in [-0.1, -0.05) is 0 Å². The van der Waals surface area contributed by atoms with Crippen molar-refractivity contribution in [2.24, 2.45) is 9.98 Å². The van der Waals surface area contributed by atoms with Crippen LogP contribution < -0.4 is 20.2 Å². The van der Waals surface area contributed by atoms with E-state index in [0.29, 0.717) is 10.7 Å². The molecule has 0 amide bonds. The van der Waals surface area contributed by atoms with Gasteiger partial charge in [0.05, 0.1) is 25.3 Å². The first-order chi connectivity index (χ1) is 9.69. The number of fused-ring (bicyclic) bond motifs is 3. The van der Waals surface area contributed by atoms with Crippen molar-refractivity contribution in [1.29, 1.82) is 0 Å². The second kappa shape index (κ2) is 4.41. The first-order valence-electron chi connectivity index (χ1n) is 5.84. The zero-order chi connectivity index (χ0) is 14.3. The van der Waals surface area contributed by atoms with E-state index in [9.17, 15) is 9.59 Å². The van der Waals surface area contributed by atoms with Gasteiger partial charge in [-0.15, -0.1) is 0 Å². The lowest BCUT2D eigenvalue weighted by Crippen LogP contribution is -2.38. The maximum atomic E-state index is 12.1. The SMILES string of the molecule is COc1c(OC)c2c(c3c1C(=O)C=CN=3)=NC=CC2=O. The van der Waals surface area contributed by atoms with Crippen LogP contribution in [0, 0.1) is 0 Å². The van der Waals surface area contributed by atoms with E-state index in [4.69, 9.17) is 9.47 Å². The van der Waals surface area contributed by atoms with Crippen LogP contribution in [0.5, 0.6) is 11.5 Å². The Kier molecular flexibility index (Phi) is 2.71. The molecule has 0 unspecified atom stereocenters. The number of methoxy groups -OCH3 is 2. The first kappa shape index (κ1) is 12.3. The average Bonchev–Trinajstić information content (AvgIpc) is 2.46. The fraction of sp³-hybridized carbons (Fsp3) is 0.143. The molecule has 0 N–H and O–H groups in total. The van der Waals surface area contributed by atoms with Crippen LogP contribution in [0.15, 0.2) is 34.5 Å². The van der Waals surface area contributed by atoms with Crippen molar-refractivity contribution >= 4 is 11.6 Å². The van der Waals surface area contributed by atoms with Crippen molar-refractivity contribution in [3.63, 3.8) is 0 Å². The van der Waals surface area contributed by atoms with Crippen molar-refractivity contribution in [3.8, 4) is 11.5 Å². The molecule has 0 aromatic heterocycles. The standard InChI is InChI=1S/C14H10N2O4/c1-19-13-9-7(17)3-5-15-11(9)12-10(14(13)20-2)8(18)4-6-16-12/h3-6H,1-2H3. The van der Waals surface area contributed by atoms with Crippen molar-refractivity contribution in [3.05, 3.63) is 46.4 Å². The Morgan fingerprint density at radius 2 is 1.20 bits per heavy atom. The minimum absolute atomic E-state index is 0.207. The predicted octanol–water partition coefficient (Wildman–Crippen LogP) is 0.363. The maximum absolute atomic E-state index is 12.1. The Labute approximate surface area is 113 Å². The van der Waals surface area contributed by atoms with Crippen LogP contribution >= 0.6 is 0 Å². The second-order valence-corrected chi connectivity index (χ2v) is 4.13. The molecule has 0 aliphatic carbocycles. The molecule has 0 bridgehead atoms. The van der Waals surface area contributed by atoms with Gasteiger partial charge in [-0.25, -0.2) is 0 Å². The van der Waals surface area contributed by atoms with Crippen LogP contribution in [0.3, 0.4) is 0 Å². The molecule has 0 radical (unpaired) electrons. The molecule has 0 fully saturated rings. The van der Waals surface area contributed by atoms with Gasteiger partial charge in [0.1, 0.15) is 10.7 Å². The van der Waals surface area contributed by atoms with E-state index in [1.807, 2.05) is 0 Å². The first-order valence-corrected chi connectivity index (χ1v) is 5.84. The number of rotatable bonds is 2. The molecule has 1 aromatic rings. The number of ketones is 2. The Balaban J connectivity index is 2.60. The van der Waals surface area contributed by atoms with Crippen LogP contribution in [-0.2, 0) is 0 Å². The summed E-state index contributed by atoms with van der Waals surface area (Å²) in [5.41, 5.74) is 0.523. The lowest BCUT2D eigenvalue weighted by Gasteiger charge is -2.17. The van der Waals surface area contributed by atoms with Crippen LogP contribution in [0.25, 0.3) is 0 Å². The van der Waals surface area contributed by atoms with Gasteiger partial charge in [-0.2, -0.15) is 0 Å². The molecule has 6 nitrogen and oxygen atoms in total. The summed E-state index contributed by atoms with van der Waals surface area (Å²) < 4.78 is 10.5. The summed E-state index contributed by atoms with van der Waals surface area (Å²) in [7, 11) is 2.83. The quantitative estimate of drug-likeness (QED) is 0.777. The minimum Gasteiger partial charge on any atom is -0.492 e. The Bertz CT molecular complexity index is 750. The molecule has 0 saturated carbocycles. The summed E-state index contributed by atoms with van der Waals surface area (Å²) in [5, 5.41) is 0.672. The predicted molar refractivity (Wildman–Crippen MR) is 68.8 cm³/mol. The van der Waals surface area contributed by atoms with Crippen LogP contribution in [0.4, 0.5) is 0 Å². The van der Waals surface area contributed by atoms with E-state index < -0.39 is 0 Å². The minimum atomic E-state index is -0.259. The molecule has 6 heteroatoms. The Morgan fingerprint density at radius 1 is 0.800 bits per heavy atom. The van der Waals surface area contributed by atoms with Gasteiger partial charge < -0.3 is 9.47 Å². The molecule has 2 aliphatic rings. The van der Waals surface area contributed by atoms with Crippen molar-refractivity contribution < 1.29 is 19.1 Å². The largest absolute Gasteiger partial charge is 0.492 e. The fourth-order valence-electron chi connectivity index (χ4n) is 2.30. The molecule has 20 heavy (non-hydrogen) atoms. The molecule has 0 atom stereocenters. The van der Waals surface area contributed by atoms with Crippen LogP contribution in [0.2, 0.25) is 0 Å². The fourth-order valence-corrected chi connectivity index (χ4v) is 2.30. The summed E-state index contributed by atoms with van der Waals surface area (Å²) in [6.45, 7) is 0. The summed E-state index contributed by atoms with van der Waals surface area (Å²) in [5.74, 6) is -0.105. The lowest BCUT2D eigenvalue weighted by molar-refractivity contribution is 0.102. The summed E-state index contributed by atoms with van der Waals surface area (Å²) in [6.07, 6.45) is 5.43. The van der Waals surface area contributed by atoms with E-state index >= 15 is 0 Å². The molecule has 1 aromatic carbocycles. The number of hydrogen-bond donors (Lipinski definition) is 0. The van der Waals surface area contributed by atoms with Gasteiger partial charge in [0, 0.05) is 24.6 Å². The highest BCUT2D eigenvalue weighted by Gasteiger charge is 2.28. The third-order valence-corrected chi connectivity index (χ3v) is 3.12. The summed E-state index contributed by atoms with van der Waals surface area (Å²) in [4.78, 5) is 32.5. The highest BCUT2D eigenvalue weighted by molar-refractivity contribution is 6.11. The van der Waals surface area contributed by atoms with Crippen molar-refractivity contribution in [2.75, 3.05) is 14.2 Å². The van der Waals surface area contributed by atoms with Crippen molar-refractivity contribution in [1.82, 2.24) is 0 Å². The average molecular weight is 270 g/mol. The topological polar surface area (TPSA) is 77.3 Å². The van der Waals surface area contributed by atoms with E-state index in [2.05, 4.69) is 9.98 Å². The van der Waals surface area contributed by atoms with Gasteiger partial charge in [0.25, 0.3) is 0 Å². The maximum Gasteiger partial charge on any atom is 0.193 e. The van der Waals surface area contributed by atoms with Gasteiger partial charge >= 0.3 is 0 Å². The second-order valence-electron chi connectivity index (χ2n) is 4.13. The molecule has 100 valence electrons. The van der Waals surface area contributed by atoms with Gasteiger partial charge in [-0.05, 0) is 0 Å². The number of carbonyl (C=O) groups excluding carboxylic acids is 2. The van der Waals surface area contributed by atoms with Crippen LogP contribution in [-0.4, -0.2) is 25.8 Å². The molecule has 3 rings (SSSR count). The molecule has 2 heterocycles. The zero-order valence-electron chi connectivity index (χ0n) is 10.8. The number of carbonyl (C=O) groups is 2. The van der Waals surface area contributed by atoms with Crippen molar-refractivity contribution in [2.45, 2.75) is 0 Å². The normalized spacial score (nSPS) is 15.1. The number of ether oxygens (including phenoxy) is 2. The van der Waals surface area contributed by atoms with Crippen LogP contribution in [0.1, 0.15) is 20.7 Å². The number of allylic oxidation sites excluding steroid dienone is 2. The third kappa shape index (κ3) is 1.51. The molecular weight excluding hydrogens is 260 g/mol. The van der Waals surface area contributed by atoms with E-state index in [1.165, 1.54) is 38.8 Å². The molecular formula is C14H10N2O4. The van der Waals surface area contributed by atoms with Gasteiger partial charge in [0.2, 0.25) is 0 Å². The smallest absolute Gasteiger partial charge is 0.193 e. The molecule has 2 aliphatic heterocycles. The highest BCUT2D eigenvalue weighted by atomic mass is 16.5. The van der Waals surface area contributed by atoms with E-state index in [1.54, 1.807) is 0 Å². The summed E-state index contributed by atoms with van der Waals surface area (Å²) in [6, 6.07) is 0. The number of benzene rings is 1. The Morgan fingerprint density at radius 3 is 1.55 bits per heavy atom. The number of hydrogen-bond acceptors (Lipinski definition) is 6. The highest BCUT2D eigenvalue weighted by Crippen LogP contribution is 2.32. The van der Waals surface area contributed by atoms with Gasteiger partial charge in [-0.3, -0.25) is 19.6 Å². The third-order valence-electron chi connectivity index (χ3n) is 3.12.